The lowest BCUT2D eigenvalue weighted by molar-refractivity contribution is 0.102. The molecule has 0 spiro atoms. The van der Waals surface area contributed by atoms with Crippen molar-refractivity contribution >= 4 is 28.8 Å². The van der Waals surface area contributed by atoms with Gasteiger partial charge < -0.3 is 16.2 Å². The van der Waals surface area contributed by atoms with Gasteiger partial charge in [0.05, 0.1) is 5.69 Å². The highest BCUT2D eigenvalue weighted by Gasteiger charge is 2.13. The number of benzene rings is 2. The molecule has 0 aromatic heterocycles. The third-order valence-electron chi connectivity index (χ3n) is 3.24. The Balaban J connectivity index is 2.34. The van der Waals surface area contributed by atoms with E-state index in [0.29, 0.717) is 22.4 Å². The Kier molecular flexibility index (Phi) is 4.23. The van der Waals surface area contributed by atoms with Crippen LogP contribution in [0.15, 0.2) is 36.4 Å². The quantitative estimate of drug-likeness (QED) is 0.762. The normalized spacial score (nSPS) is 10.2. The van der Waals surface area contributed by atoms with E-state index in [2.05, 4.69) is 5.32 Å². The zero-order valence-corrected chi connectivity index (χ0v) is 12.6. The average Bonchev–Trinajstić information content (AvgIpc) is 2.41. The first-order valence-corrected chi connectivity index (χ1v) is 6.81. The molecule has 0 aliphatic carbocycles. The van der Waals surface area contributed by atoms with Gasteiger partial charge in [-0.3, -0.25) is 4.79 Å². The van der Waals surface area contributed by atoms with Gasteiger partial charge in [0.15, 0.2) is 0 Å². The van der Waals surface area contributed by atoms with Crippen LogP contribution in [0, 0.1) is 13.8 Å². The molecule has 4 nitrogen and oxygen atoms in total. The van der Waals surface area contributed by atoms with Crippen LogP contribution >= 0.6 is 12.2 Å². The fourth-order valence-corrected chi connectivity index (χ4v) is 2.32. The van der Waals surface area contributed by atoms with Gasteiger partial charge in [0.2, 0.25) is 0 Å². The molecule has 0 aliphatic rings. The van der Waals surface area contributed by atoms with Gasteiger partial charge in [0.25, 0.3) is 5.91 Å². The number of phenols is 1. The first-order chi connectivity index (χ1) is 9.90. The summed E-state index contributed by atoms with van der Waals surface area (Å²) < 4.78 is 0. The number of hydrogen-bond donors (Lipinski definition) is 3. The van der Waals surface area contributed by atoms with Crippen LogP contribution in [-0.2, 0) is 0 Å². The van der Waals surface area contributed by atoms with Crippen LogP contribution in [0.5, 0.6) is 5.75 Å². The SMILES string of the molecule is Cc1ccc(C(=O)Nc2cccc(C)c2C(N)=S)cc1O. The summed E-state index contributed by atoms with van der Waals surface area (Å²) in [6.45, 7) is 3.64. The fraction of sp³-hybridized carbons (Fsp3) is 0.125. The molecule has 0 atom stereocenters. The van der Waals surface area contributed by atoms with Crippen molar-refractivity contribution in [1.29, 1.82) is 0 Å². The van der Waals surface area contributed by atoms with Crippen molar-refractivity contribution in [3.8, 4) is 5.75 Å². The monoisotopic (exact) mass is 300 g/mol. The van der Waals surface area contributed by atoms with E-state index in [4.69, 9.17) is 18.0 Å². The van der Waals surface area contributed by atoms with Crippen molar-refractivity contribution < 1.29 is 9.90 Å². The van der Waals surface area contributed by atoms with Crippen molar-refractivity contribution in [2.24, 2.45) is 5.73 Å². The Labute approximate surface area is 128 Å². The molecule has 0 bridgehead atoms. The van der Waals surface area contributed by atoms with Gasteiger partial charge in [-0.1, -0.05) is 30.4 Å². The van der Waals surface area contributed by atoms with Crippen LogP contribution in [0.25, 0.3) is 0 Å². The van der Waals surface area contributed by atoms with E-state index in [9.17, 15) is 9.90 Å². The molecule has 5 heteroatoms. The number of thiocarbonyl (C=S) groups is 1. The summed E-state index contributed by atoms with van der Waals surface area (Å²) in [5.41, 5.74) is 8.90. The summed E-state index contributed by atoms with van der Waals surface area (Å²) in [5, 5.41) is 12.5. The topological polar surface area (TPSA) is 75.4 Å². The maximum Gasteiger partial charge on any atom is 0.255 e. The highest BCUT2D eigenvalue weighted by Crippen LogP contribution is 2.22. The molecular weight excluding hydrogens is 284 g/mol. The van der Waals surface area contributed by atoms with Gasteiger partial charge in [0.1, 0.15) is 10.7 Å². The zero-order chi connectivity index (χ0) is 15.6. The largest absolute Gasteiger partial charge is 0.508 e. The molecule has 2 aromatic carbocycles. The average molecular weight is 300 g/mol. The summed E-state index contributed by atoms with van der Waals surface area (Å²) in [5.74, 6) is -0.241. The van der Waals surface area contributed by atoms with Gasteiger partial charge in [-0.2, -0.15) is 0 Å². The molecule has 1 amide bonds. The molecule has 0 heterocycles. The number of aryl methyl sites for hydroxylation is 2. The standard InChI is InChI=1S/C16H16N2O2S/c1-9-6-7-11(8-13(9)19)16(20)18-12-5-3-4-10(2)14(12)15(17)21/h3-8,19H,1-2H3,(H2,17,21)(H,18,20). The van der Waals surface area contributed by atoms with E-state index in [1.165, 1.54) is 6.07 Å². The zero-order valence-electron chi connectivity index (χ0n) is 11.8. The molecule has 0 unspecified atom stereocenters. The van der Waals surface area contributed by atoms with Crippen LogP contribution in [0.4, 0.5) is 5.69 Å². The van der Waals surface area contributed by atoms with E-state index < -0.39 is 0 Å². The number of phenolic OH excluding ortho intramolecular Hbond substituents is 1. The van der Waals surface area contributed by atoms with E-state index in [1.807, 2.05) is 19.1 Å². The number of hydrogen-bond acceptors (Lipinski definition) is 3. The predicted octanol–water partition coefficient (Wildman–Crippen LogP) is 2.90. The molecule has 0 fully saturated rings. The lowest BCUT2D eigenvalue weighted by atomic mass is 10.1. The van der Waals surface area contributed by atoms with Crippen LogP contribution in [-0.4, -0.2) is 16.0 Å². The van der Waals surface area contributed by atoms with E-state index >= 15 is 0 Å². The molecule has 0 saturated heterocycles. The van der Waals surface area contributed by atoms with E-state index in [1.54, 1.807) is 25.1 Å². The minimum atomic E-state index is -0.326. The number of nitrogens with one attached hydrogen (secondary N) is 1. The predicted molar refractivity (Wildman–Crippen MR) is 87.9 cm³/mol. The van der Waals surface area contributed by atoms with Crippen LogP contribution in [0.1, 0.15) is 27.0 Å². The second-order valence-corrected chi connectivity index (χ2v) is 5.26. The third kappa shape index (κ3) is 3.20. The number of anilines is 1. The summed E-state index contributed by atoms with van der Waals surface area (Å²) in [6, 6.07) is 10.2. The Hall–Kier alpha value is -2.40. The second kappa shape index (κ2) is 5.93. The van der Waals surface area contributed by atoms with Crippen LogP contribution < -0.4 is 11.1 Å². The Bertz CT molecular complexity index is 726. The molecule has 21 heavy (non-hydrogen) atoms. The summed E-state index contributed by atoms with van der Waals surface area (Å²) in [7, 11) is 0. The van der Waals surface area contributed by atoms with Crippen molar-refractivity contribution in [1.82, 2.24) is 0 Å². The van der Waals surface area contributed by atoms with Crippen molar-refractivity contribution in [3.63, 3.8) is 0 Å². The summed E-state index contributed by atoms with van der Waals surface area (Å²) >= 11 is 5.03. The molecule has 0 saturated carbocycles. The van der Waals surface area contributed by atoms with Gasteiger partial charge in [-0.15, -0.1) is 0 Å². The number of rotatable bonds is 3. The number of aromatic hydroxyl groups is 1. The van der Waals surface area contributed by atoms with Gasteiger partial charge >= 0.3 is 0 Å². The Morgan fingerprint density at radius 3 is 2.52 bits per heavy atom. The fourth-order valence-electron chi connectivity index (χ4n) is 2.04. The van der Waals surface area contributed by atoms with E-state index in [0.717, 1.165) is 5.56 Å². The molecule has 0 aliphatic heterocycles. The molecule has 4 N–H and O–H groups in total. The molecule has 108 valence electrons. The minimum Gasteiger partial charge on any atom is -0.508 e. The number of nitrogens with two attached hydrogens (primary N) is 1. The third-order valence-corrected chi connectivity index (χ3v) is 3.44. The van der Waals surface area contributed by atoms with Gasteiger partial charge in [0, 0.05) is 11.1 Å². The van der Waals surface area contributed by atoms with Gasteiger partial charge in [-0.05, 0) is 43.2 Å². The first kappa shape index (κ1) is 15.0. The maximum absolute atomic E-state index is 12.3. The molecule has 0 radical (unpaired) electrons. The van der Waals surface area contributed by atoms with Crippen LogP contribution in [0.3, 0.4) is 0 Å². The summed E-state index contributed by atoms with van der Waals surface area (Å²) in [4.78, 5) is 12.5. The lowest BCUT2D eigenvalue weighted by Gasteiger charge is -2.13. The first-order valence-electron chi connectivity index (χ1n) is 6.40. The Morgan fingerprint density at radius 2 is 1.90 bits per heavy atom. The molecule has 2 aromatic rings. The molecule has 2 rings (SSSR count). The van der Waals surface area contributed by atoms with Gasteiger partial charge in [-0.25, -0.2) is 0 Å². The Morgan fingerprint density at radius 1 is 1.19 bits per heavy atom. The van der Waals surface area contributed by atoms with Crippen molar-refractivity contribution in [2.45, 2.75) is 13.8 Å². The highest BCUT2D eigenvalue weighted by molar-refractivity contribution is 7.80. The van der Waals surface area contributed by atoms with Crippen molar-refractivity contribution in [3.05, 3.63) is 58.7 Å². The summed E-state index contributed by atoms with van der Waals surface area (Å²) in [6.07, 6.45) is 0. The number of carbonyl (C=O) groups excluding carboxylic acids is 1. The second-order valence-electron chi connectivity index (χ2n) is 4.82. The van der Waals surface area contributed by atoms with Crippen LogP contribution in [0.2, 0.25) is 0 Å². The number of carbonyl (C=O) groups is 1. The van der Waals surface area contributed by atoms with E-state index in [-0.39, 0.29) is 16.6 Å². The minimum absolute atomic E-state index is 0.0847. The molecular formula is C16H16N2O2S. The lowest BCUT2D eigenvalue weighted by Crippen LogP contribution is -2.18. The smallest absolute Gasteiger partial charge is 0.255 e. The highest BCUT2D eigenvalue weighted by atomic mass is 32.1. The van der Waals surface area contributed by atoms with Crippen molar-refractivity contribution in [2.75, 3.05) is 5.32 Å². The maximum atomic E-state index is 12.3. The number of amides is 1.